The van der Waals surface area contributed by atoms with E-state index in [4.69, 9.17) is 0 Å². The summed E-state index contributed by atoms with van der Waals surface area (Å²) in [5, 5.41) is 1.21. The molecule has 0 fully saturated rings. The molecule has 0 saturated carbocycles. The van der Waals surface area contributed by atoms with Gasteiger partial charge in [-0.05, 0) is 13.0 Å². The van der Waals surface area contributed by atoms with Gasteiger partial charge in [0.25, 0.3) is 0 Å². The maximum absolute atomic E-state index is 11.3. The van der Waals surface area contributed by atoms with E-state index in [0.29, 0.717) is 0 Å². The van der Waals surface area contributed by atoms with Crippen LogP contribution in [0, 0.1) is 0 Å². The molecule has 1 heterocycles. The second-order valence-corrected chi connectivity index (χ2v) is 5.58. The van der Waals surface area contributed by atoms with Crippen LogP contribution in [0.3, 0.4) is 0 Å². The number of benzene rings is 1. The standard InChI is InChI=1S/C14H18N2O/c1-10(17)11-5-6-13-12(9-16(2,3)4)8-15-14(13)7-11/h5-8H,9H2,1-4H3/p+1. The Morgan fingerprint density at radius 3 is 2.59 bits per heavy atom. The molecule has 0 bridgehead atoms. The van der Waals surface area contributed by atoms with Gasteiger partial charge < -0.3 is 9.47 Å². The van der Waals surface area contributed by atoms with Gasteiger partial charge in [0.15, 0.2) is 5.78 Å². The summed E-state index contributed by atoms with van der Waals surface area (Å²) >= 11 is 0. The minimum absolute atomic E-state index is 0.106. The van der Waals surface area contributed by atoms with Crippen molar-refractivity contribution >= 4 is 16.7 Å². The molecule has 0 unspecified atom stereocenters. The molecule has 0 amide bonds. The van der Waals surface area contributed by atoms with E-state index in [1.807, 2.05) is 24.4 Å². The largest absolute Gasteiger partial charge is 0.361 e. The average Bonchev–Trinajstić information content (AvgIpc) is 2.58. The van der Waals surface area contributed by atoms with Gasteiger partial charge in [-0.3, -0.25) is 4.79 Å². The van der Waals surface area contributed by atoms with Crippen molar-refractivity contribution in [2.24, 2.45) is 0 Å². The summed E-state index contributed by atoms with van der Waals surface area (Å²) in [4.78, 5) is 14.6. The third-order valence-corrected chi connectivity index (χ3v) is 2.82. The van der Waals surface area contributed by atoms with Crippen LogP contribution in [0.5, 0.6) is 0 Å². The van der Waals surface area contributed by atoms with Crippen molar-refractivity contribution in [3.05, 3.63) is 35.5 Å². The lowest BCUT2D eigenvalue weighted by molar-refractivity contribution is -0.883. The average molecular weight is 231 g/mol. The van der Waals surface area contributed by atoms with Gasteiger partial charge in [0, 0.05) is 28.2 Å². The lowest BCUT2D eigenvalue weighted by atomic mass is 10.1. The number of hydrogen-bond acceptors (Lipinski definition) is 1. The number of carbonyl (C=O) groups excluding carboxylic acids is 1. The summed E-state index contributed by atoms with van der Waals surface area (Å²) in [6.45, 7) is 2.57. The first-order valence-electron chi connectivity index (χ1n) is 5.78. The highest BCUT2D eigenvalue weighted by molar-refractivity contribution is 5.98. The van der Waals surface area contributed by atoms with Gasteiger partial charge in [0.05, 0.1) is 21.1 Å². The van der Waals surface area contributed by atoms with E-state index < -0.39 is 0 Å². The van der Waals surface area contributed by atoms with Crippen molar-refractivity contribution < 1.29 is 9.28 Å². The molecule has 0 atom stereocenters. The second-order valence-electron chi connectivity index (χ2n) is 5.58. The predicted molar refractivity (Wildman–Crippen MR) is 70.0 cm³/mol. The molecule has 1 N–H and O–H groups in total. The quantitative estimate of drug-likeness (QED) is 0.639. The molecule has 90 valence electrons. The zero-order valence-electron chi connectivity index (χ0n) is 10.9. The molecule has 3 nitrogen and oxygen atoms in total. The van der Waals surface area contributed by atoms with Crippen LogP contribution in [-0.4, -0.2) is 36.4 Å². The number of quaternary nitrogens is 1. The predicted octanol–water partition coefficient (Wildman–Crippen LogP) is 2.58. The molecule has 3 heteroatoms. The van der Waals surface area contributed by atoms with Crippen LogP contribution in [0.1, 0.15) is 22.8 Å². The highest BCUT2D eigenvalue weighted by atomic mass is 16.1. The molecule has 1 aromatic carbocycles. The number of rotatable bonds is 3. The van der Waals surface area contributed by atoms with Gasteiger partial charge in [-0.25, -0.2) is 0 Å². The van der Waals surface area contributed by atoms with E-state index in [1.54, 1.807) is 6.92 Å². The first-order valence-corrected chi connectivity index (χ1v) is 5.78. The van der Waals surface area contributed by atoms with Crippen molar-refractivity contribution in [2.45, 2.75) is 13.5 Å². The fourth-order valence-electron chi connectivity index (χ4n) is 2.05. The Bertz CT molecular complexity index is 561. The Balaban J connectivity index is 2.45. The summed E-state index contributed by atoms with van der Waals surface area (Å²) in [7, 11) is 6.51. The third-order valence-electron chi connectivity index (χ3n) is 2.82. The number of H-pyrrole nitrogens is 1. The van der Waals surface area contributed by atoms with Crippen LogP contribution < -0.4 is 0 Å². The van der Waals surface area contributed by atoms with E-state index >= 15 is 0 Å². The van der Waals surface area contributed by atoms with Crippen molar-refractivity contribution in [3.63, 3.8) is 0 Å². The highest BCUT2D eigenvalue weighted by Crippen LogP contribution is 2.22. The maximum Gasteiger partial charge on any atom is 0.159 e. The molecule has 2 aromatic rings. The van der Waals surface area contributed by atoms with Crippen molar-refractivity contribution in [2.75, 3.05) is 21.1 Å². The van der Waals surface area contributed by atoms with Crippen molar-refractivity contribution in [3.8, 4) is 0 Å². The normalized spacial score (nSPS) is 12.0. The third kappa shape index (κ3) is 2.56. The van der Waals surface area contributed by atoms with Crippen LogP contribution in [-0.2, 0) is 6.54 Å². The summed E-state index contributed by atoms with van der Waals surface area (Å²) in [5.41, 5.74) is 3.10. The van der Waals surface area contributed by atoms with Crippen molar-refractivity contribution in [1.29, 1.82) is 0 Å². The second kappa shape index (κ2) is 4.00. The highest BCUT2D eigenvalue weighted by Gasteiger charge is 2.13. The van der Waals surface area contributed by atoms with Gasteiger partial charge in [-0.15, -0.1) is 0 Å². The van der Waals surface area contributed by atoms with E-state index in [0.717, 1.165) is 22.1 Å². The van der Waals surface area contributed by atoms with E-state index in [1.165, 1.54) is 10.9 Å². The molecule has 0 radical (unpaired) electrons. The van der Waals surface area contributed by atoms with Gasteiger partial charge in [-0.1, -0.05) is 12.1 Å². The van der Waals surface area contributed by atoms with E-state index in [-0.39, 0.29) is 5.78 Å². The number of aromatic amines is 1. The fraction of sp³-hybridized carbons (Fsp3) is 0.357. The number of hydrogen-bond donors (Lipinski definition) is 1. The number of ketones is 1. The SMILES string of the molecule is CC(=O)c1ccc2c(C[N+](C)(C)C)c[nH]c2c1. The Hall–Kier alpha value is -1.61. The molecular formula is C14H19N2O+. The van der Waals surface area contributed by atoms with Crippen LogP contribution in [0.15, 0.2) is 24.4 Å². The molecule has 1 aromatic heterocycles. The maximum atomic E-state index is 11.3. The number of carbonyl (C=O) groups is 1. The van der Waals surface area contributed by atoms with E-state index in [9.17, 15) is 4.79 Å². The smallest absolute Gasteiger partial charge is 0.159 e. The lowest BCUT2D eigenvalue weighted by Crippen LogP contribution is -2.33. The molecule has 0 spiro atoms. The minimum Gasteiger partial charge on any atom is -0.361 e. The number of fused-ring (bicyclic) bond motifs is 1. The topological polar surface area (TPSA) is 32.9 Å². The van der Waals surface area contributed by atoms with Crippen LogP contribution in [0.2, 0.25) is 0 Å². The van der Waals surface area contributed by atoms with Gasteiger partial charge in [-0.2, -0.15) is 0 Å². The number of aromatic nitrogens is 1. The molecule has 2 rings (SSSR count). The van der Waals surface area contributed by atoms with Gasteiger partial charge in [0.1, 0.15) is 6.54 Å². The Morgan fingerprint density at radius 2 is 2.00 bits per heavy atom. The van der Waals surface area contributed by atoms with Crippen LogP contribution >= 0.6 is 0 Å². The van der Waals surface area contributed by atoms with Crippen molar-refractivity contribution in [1.82, 2.24) is 4.98 Å². The summed E-state index contributed by atoms with van der Waals surface area (Å²) in [5.74, 6) is 0.106. The first-order chi connectivity index (χ1) is 7.87. The monoisotopic (exact) mass is 231 g/mol. The summed E-state index contributed by atoms with van der Waals surface area (Å²) in [6, 6.07) is 5.86. The summed E-state index contributed by atoms with van der Waals surface area (Å²) in [6.07, 6.45) is 2.04. The minimum atomic E-state index is 0.106. The zero-order valence-corrected chi connectivity index (χ0v) is 10.9. The number of nitrogens with zero attached hydrogens (tertiary/aromatic N) is 1. The molecule has 0 aliphatic heterocycles. The molecule has 0 aliphatic carbocycles. The van der Waals surface area contributed by atoms with Crippen LogP contribution in [0.4, 0.5) is 0 Å². The lowest BCUT2D eigenvalue weighted by Gasteiger charge is -2.23. The Kier molecular flexibility index (Phi) is 2.79. The number of Topliss-reactive ketones (excluding diaryl/α,β-unsaturated/α-hetero) is 1. The first kappa shape index (κ1) is 11.9. The van der Waals surface area contributed by atoms with E-state index in [2.05, 4.69) is 26.1 Å². The molecule has 17 heavy (non-hydrogen) atoms. The van der Waals surface area contributed by atoms with Gasteiger partial charge >= 0.3 is 0 Å². The van der Waals surface area contributed by atoms with Crippen LogP contribution in [0.25, 0.3) is 10.9 Å². The van der Waals surface area contributed by atoms with Gasteiger partial charge in [0.2, 0.25) is 0 Å². The molecule has 0 aliphatic rings. The Labute approximate surface area is 102 Å². The molecular weight excluding hydrogens is 212 g/mol. The summed E-state index contributed by atoms with van der Waals surface area (Å²) < 4.78 is 0.890. The zero-order chi connectivity index (χ0) is 12.6. The molecule has 0 saturated heterocycles. The Morgan fingerprint density at radius 1 is 1.29 bits per heavy atom. The fourth-order valence-corrected chi connectivity index (χ4v) is 2.05. The number of nitrogens with one attached hydrogen (secondary N) is 1.